The van der Waals surface area contributed by atoms with Gasteiger partial charge in [-0.3, -0.25) is 0 Å². The van der Waals surface area contributed by atoms with Gasteiger partial charge >= 0.3 is 0 Å². The molecule has 0 saturated carbocycles. The third-order valence-electron chi connectivity index (χ3n) is 4.42. The lowest BCUT2D eigenvalue weighted by atomic mass is 10.1. The van der Waals surface area contributed by atoms with Gasteiger partial charge in [0.05, 0.1) is 6.04 Å². The number of rotatable bonds is 3. The van der Waals surface area contributed by atoms with E-state index in [9.17, 15) is 5.11 Å². The number of aromatic hydroxyl groups is 1. The van der Waals surface area contributed by atoms with Crippen molar-refractivity contribution in [1.29, 1.82) is 0 Å². The average Bonchev–Trinajstić information content (AvgIpc) is 2.63. The van der Waals surface area contributed by atoms with Gasteiger partial charge in [-0.05, 0) is 49.0 Å². The molecule has 5 heteroatoms. The first kappa shape index (κ1) is 16.6. The summed E-state index contributed by atoms with van der Waals surface area (Å²) >= 11 is 5.59. The largest absolute Gasteiger partial charge is 0.508 e. The van der Waals surface area contributed by atoms with Crippen molar-refractivity contribution < 1.29 is 5.11 Å². The number of piperazine rings is 1. The zero-order valence-electron chi connectivity index (χ0n) is 13.9. The monoisotopic (exact) mass is 341 g/mol. The minimum absolute atomic E-state index is 0.203. The Morgan fingerprint density at radius 1 is 1.00 bits per heavy atom. The van der Waals surface area contributed by atoms with Crippen molar-refractivity contribution in [2.24, 2.45) is 0 Å². The maximum Gasteiger partial charge on any atom is 0.169 e. The second kappa shape index (κ2) is 7.53. The maximum atomic E-state index is 9.40. The van der Waals surface area contributed by atoms with Crippen molar-refractivity contribution in [3.05, 3.63) is 60.2 Å². The number of hydrogen-bond donors (Lipinski definition) is 2. The molecule has 2 aromatic carbocycles. The molecule has 1 fully saturated rings. The predicted molar refractivity (Wildman–Crippen MR) is 102 cm³/mol. The Bertz CT molecular complexity index is 667. The highest BCUT2D eigenvalue weighted by Crippen LogP contribution is 2.20. The minimum atomic E-state index is 0.203. The fraction of sp³-hybridized carbons (Fsp3) is 0.316. The first-order valence-corrected chi connectivity index (χ1v) is 8.68. The maximum absolute atomic E-state index is 9.40. The van der Waals surface area contributed by atoms with Crippen LogP contribution in [-0.2, 0) is 0 Å². The average molecular weight is 341 g/mol. The molecule has 24 heavy (non-hydrogen) atoms. The van der Waals surface area contributed by atoms with Gasteiger partial charge in [0, 0.05) is 31.9 Å². The number of nitrogens with one attached hydrogen (secondary N) is 1. The Morgan fingerprint density at radius 2 is 1.62 bits per heavy atom. The molecule has 0 spiro atoms. The van der Waals surface area contributed by atoms with Crippen LogP contribution >= 0.6 is 12.2 Å². The van der Waals surface area contributed by atoms with E-state index in [1.807, 2.05) is 30.3 Å². The smallest absolute Gasteiger partial charge is 0.169 e. The molecule has 1 unspecified atom stereocenters. The first-order chi connectivity index (χ1) is 11.6. The molecule has 2 aromatic rings. The standard InChI is InChI=1S/C19H23N3OS/c1-15(16-5-3-2-4-6-16)20-19(24)22-13-11-21(12-14-22)17-7-9-18(23)10-8-17/h2-10,15,23H,11-14H2,1H3,(H,20,24). The normalized spacial score (nSPS) is 15.9. The number of hydrogen-bond acceptors (Lipinski definition) is 3. The zero-order chi connectivity index (χ0) is 16.9. The van der Waals surface area contributed by atoms with Crippen LogP contribution in [0.3, 0.4) is 0 Å². The highest BCUT2D eigenvalue weighted by atomic mass is 32.1. The van der Waals surface area contributed by atoms with Gasteiger partial charge in [0.15, 0.2) is 5.11 Å². The summed E-state index contributed by atoms with van der Waals surface area (Å²) < 4.78 is 0. The molecule has 1 atom stereocenters. The lowest BCUT2D eigenvalue weighted by Crippen LogP contribution is -2.52. The first-order valence-electron chi connectivity index (χ1n) is 8.28. The topological polar surface area (TPSA) is 38.7 Å². The summed E-state index contributed by atoms with van der Waals surface area (Å²) in [4.78, 5) is 4.55. The van der Waals surface area contributed by atoms with E-state index in [1.54, 1.807) is 12.1 Å². The summed E-state index contributed by atoms with van der Waals surface area (Å²) in [5, 5.41) is 13.6. The summed E-state index contributed by atoms with van der Waals surface area (Å²) in [5.41, 5.74) is 2.38. The lowest BCUT2D eigenvalue weighted by Gasteiger charge is -2.38. The quantitative estimate of drug-likeness (QED) is 0.839. The van der Waals surface area contributed by atoms with Gasteiger partial charge in [-0.25, -0.2) is 0 Å². The van der Waals surface area contributed by atoms with Crippen LogP contribution in [0.4, 0.5) is 5.69 Å². The summed E-state index contributed by atoms with van der Waals surface area (Å²) in [7, 11) is 0. The van der Waals surface area contributed by atoms with Crippen molar-refractivity contribution >= 4 is 23.0 Å². The van der Waals surface area contributed by atoms with Crippen LogP contribution in [0.2, 0.25) is 0 Å². The Balaban J connectivity index is 1.52. The molecule has 0 radical (unpaired) electrons. The summed E-state index contributed by atoms with van der Waals surface area (Å²) in [6, 6.07) is 17.9. The minimum Gasteiger partial charge on any atom is -0.508 e. The highest BCUT2D eigenvalue weighted by Gasteiger charge is 2.20. The van der Waals surface area contributed by atoms with Gasteiger partial charge in [-0.2, -0.15) is 0 Å². The number of anilines is 1. The number of phenolic OH excluding ortho intramolecular Hbond substituents is 1. The molecule has 4 nitrogen and oxygen atoms in total. The fourth-order valence-electron chi connectivity index (χ4n) is 2.93. The fourth-order valence-corrected chi connectivity index (χ4v) is 3.29. The van der Waals surface area contributed by atoms with Crippen molar-refractivity contribution in [2.75, 3.05) is 31.1 Å². The molecule has 0 aliphatic carbocycles. The van der Waals surface area contributed by atoms with Gasteiger partial charge in [-0.1, -0.05) is 30.3 Å². The van der Waals surface area contributed by atoms with E-state index in [2.05, 4.69) is 34.2 Å². The van der Waals surface area contributed by atoms with E-state index in [0.29, 0.717) is 5.75 Å². The molecule has 3 rings (SSSR count). The van der Waals surface area contributed by atoms with E-state index in [4.69, 9.17) is 12.2 Å². The van der Waals surface area contributed by atoms with Gasteiger partial charge in [0.2, 0.25) is 0 Å². The van der Waals surface area contributed by atoms with Crippen LogP contribution < -0.4 is 10.2 Å². The summed E-state index contributed by atoms with van der Waals surface area (Å²) in [6.07, 6.45) is 0. The number of thiocarbonyl (C=S) groups is 1. The molecule has 1 heterocycles. The summed E-state index contributed by atoms with van der Waals surface area (Å²) in [6.45, 7) is 5.77. The van der Waals surface area contributed by atoms with Gasteiger partial charge in [0.1, 0.15) is 5.75 Å². The van der Waals surface area contributed by atoms with Crippen LogP contribution in [0, 0.1) is 0 Å². The van der Waals surface area contributed by atoms with Gasteiger partial charge in [-0.15, -0.1) is 0 Å². The lowest BCUT2D eigenvalue weighted by molar-refractivity contribution is 0.376. The van der Waals surface area contributed by atoms with Crippen molar-refractivity contribution in [3.63, 3.8) is 0 Å². The molecule has 0 amide bonds. The third-order valence-corrected chi connectivity index (χ3v) is 4.80. The van der Waals surface area contributed by atoms with Crippen LogP contribution in [0.25, 0.3) is 0 Å². The summed E-state index contributed by atoms with van der Waals surface area (Å²) in [5.74, 6) is 0.303. The molecule has 2 N–H and O–H groups in total. The highest BCUT2D eigenvalue weighted by molar-refractivity contribution is 7.80. The molecular weight excluding hydrogens is 318 g/mol. The molecule has 0 aromatic heterocycles. The Morgan fingerprint density at radius 3 is 2.25 bits per heavy atom. The molecule has 1 aliphatic rings. The zero-order valence-corrected chi connectivity index (χ0v) is 14.7. The molecule has 1 saturated heterocycles. The van der Waals surface area contributed by atoms with Crippen LogP contribution in [0.1, 0.15) is 18.5 Å². The van der Waals surface area contributed by atoms with E-state index >= 15 is 0 Å². The predicted octanol–water partition coefficient (Wildman–Crippen LogP) is 3.15. The second-order valence-electron chi connectivity index (χ2n) is 6.07. The third kappa shape index (κ3) is 3.97. The number of phenols is 1. The van der Waals surface area contributed by atoms with Crippen molar-refractivity contribution in [3.8, 4) is 5.75 Å². The molecule has 1 aliphatic heterocycles. The number of nitrogens with zero attached hydrogens (tertiary/aromatic N) is 2. The molecule has 126 valence electrons. The SMILES string of the molecule is CC(NC(=S)N1CCN(c2ccc(O)cc2)CC1)c1ccccc1. The molecule has 0 bridgehead atoms. The van der Waals surface area contributed by atoms with E-state index in [0.717, 1.165) is 37.0 Å². The number of benzene rings is 2. The van der Waals surface area contributed by atoms with Gasteiger partial charge < -0.3 is 20.2 Å². The van der Waals surface area contributed by atoms with E-state index < -0.39 is 0 Å². The van der Waals surface area contributed by atoms with Gasteiger partial charge in [0.25, 0.3) is 0 Å². The Hall–Kier alpha value is -2.27. The Kier molecular flexibility index (Phi) is 5.20. The van der Waals surface area contributed by atoms with Crippen LogP contribution in [0.5, 0.6) is 5.75 Å². The van der Waals surface area contributed by atoms with Crippen LogP contribution in [-0.4, -0.2) is 41.3 Å². The van der Waals surface area contributed by atoms with Crippen molar-refractivity contribution in [2.45, 2.75) is 13.0 Å². The molecular formula is C19H23N3OS. The van der Waals surface area contributed by atoms with E-state index in [-0.39, 0.29) is 6.04 Å². The van der Waals surface area contributed by atoms with Crippen molar-refractivity contribution in [1.82, 2.24) is 10.2 Å². The second-order valence-corrected chi connectivity index (χ2v) is 6.46. The van der Waals surface area contributed by atoms with E-state index in [1.165, 1.54) is 5.56 Å². The van der Waals surface area contributed by atoms with Crippen LogP contribution in [0.15, 0.2) is 54.6 Å². The Labute approximate surface area is 148 Å².